The molecule has 25 heavy (non-hydrogen) atoms. The van der Waals surface area contributed by atoms with Crippen LogP contribution in [0.25, 0.3) is 0 Å². The first-order chi connectivity index (χ1) is 12.0. The van der Waals surface area contributed by atoms with E-state index < -0.39 is 0 Å². The highest BCUT2D eigenvalue weighted by Crippen LogP contribution is 2.16. The molecule has 0 saturated carbocycles. The number of amides is 2. The van der Waals surface area contributed by atoms with Gasteiger partial charge in [0.15, 0.2) is 0 Å². The zero-order chi connectivity index (χ0) is 18.2. The van der Waals surface area contributed by atoms with Crippen LogP contribution < -0.4 is 20.3 Å². The SMILES string of the molecule is COc1ccccc1C(=O)NCCNC(=O)c1ccc(N(C)C)cc1. The lowest BCUT2D eigenvalue weighted by Gasteiger charge is -2.13. The molecule has 0 heterocycles. The highest BCUT2D eigenvalue weighted by atomic mass is 16.5. The van der Waals surface area contributed by atoms with E-state index in [1.165, 1.54) is 7.11 Å². The Labute approximate surface area is 147 Å². The van der Waals surface area contributed by atoms with E-state index in [0.717, 1.165) is 5.69 Å². The highest BCUT2D eigenvalue weighted by molar-refractivity contribution is 5.97. The van der Waals surface area contributed by atoms with Gasteiger partial charge in [-0.2, -0.15) is 0 Å². The van der Waals surface area contributed by atoms with Gasteiger partial charge in [-0.3, -0.25) is 9.59 Å². The third-order valence-corrected chi connectivity index (χ3v) is 3.69. The van der Waals surface area contributed by atoms with Crippen molar-refractivity contribution in [2.75, 3.05) is 39.2 Å². The molecule has 0 radical (unpaired) electrons. The summed E-state index contributed by atoms with van der Waals surface area (Å²) in [5.41, 5.74) is 2.08. The fourth-order valence-corrected chi connectivity index (χ4v) is 2.29. The first-order valence-electron chi connectivity index (χ1n) is 7.99. The number of hydrogen-bond donors (Lipinski definition) is 2. The Kier molecular flexibility index (Phi) is 6.39. The zero-order valence-corrected chi connectivity index (χ0v) is 14.7. The summed E-state index contributed by atoms with van der Waals surface area (Å²) in [5.74, 6) is 0.115. The van der Waals surface area contributed by atoms with Crippen molar-refractivity contribution in [3.05, 3.63) is 59.7 Å². The molecule has 2 N–H and O–H groups in total. The summed E-state index contributed by atoms with van der Waals surface area (Å²) < 4.78 is 5.16. The summed E-state index contributed by atoms with van der Waals surface area (Å²) >= 11 is 0. The van der Waals surface area contributed by atoms with Gasteiger partial charge in [0.1, 0.15) is 5.75 Å². The van der Waals surface area contributed by atoms with Crippen LogP contribution in [0.1, 0.15) is 20.7 Å². The van der Waals surface area contributed by atoms with E-state index in [9.17, 15) is 9.59 Å². The number of nitrogens with one attached hydrogen (secondary N) is 2. The van der Waals surface area contributed by atoms with Crippen LogP contribution in [-0.4, -0.2) is 46.1 Å². The number of ether oxygens (including phenoxy) is 1. The minimum atomic E-state index is -0.234. The lowest BCUT2D eigenvalue weighted by molar-refractivity contribution is 0.0926. The Morgan fingerprint density at radius 2 is 1.52 bits per heavy atom. The maximum atomic E-state index is 12.1. The summed E-state index contributed by atoms with van der Waals surface area (Å²) in [6.07, 6.45) is 0. The molecule has 0 atom stereocenters. The largest absolute Gasteiger partial charge is 0.496 e. The Morgan fingerprint density at radius 1 is 0.920 bits per heavy atom. The Bertz CT molecular complexity index is 727. The summed E-state index contributed by atoms with van der Waals surface area (Å²) in [6, 6.07) is 14.3. The maximum Gasteiger partial charge on any atom is 0.255 e. The minimum Gasteiger partial charge on any atom is -0.496 e. The average molecular weight is 341 g/mol. The van der Waals surface area contributed by atoms with E-state index in [-0.39, 0.29) is 11.8 Å². The van der Waals surface area contributed by atoms with Gasteiger partial charge >= 0.3 is 0 Å². The van der Waals surface area contributed by atoms with Gasteiger partial charge in [0.2, 0.25) is 0 Å². The molecule has 0 fully saturated rings. The molecule has 2 amide bonds. The molecule has 0 aromatic heterocycles. The second-order valence-corrected chi connectivity index (χ2v) is 5.65. The van der Waals surface area contributed by atoms with E-state index >= 15 is 0 Å². The Balaban J connectivity index is 1.80. The predicted molar refractivity (Wildman–Crippen MR) is 98.4 cm³/mol. The van der Waals surface area contributed by atoms with Crippen molar-refractivity contribution in [3.8, 4) is 5.75 Å². The fourth-order valence-electron chi connectivity index (χ4n) is 2.29. The van der Waals surface area contributed by atoms with Gasteiger partial charge in [-0.25, -0.2) is 0 Å². The molecule has 6 heteroatoms. The van der Waals surface area contributed by atoms with E-state index in [2.05, 4.69) is 10.6 Å². The molecular weight excluding hydrogens is 318 g/mol. The van der Waals surface area contributed by atoms with Crippen molar-refractivity contribution >= 4 is 17.5 Å². The van der Waals surface area contributed by atoms with Crippen LogP contribution in [0, 0.1) is 0 Å². The maximum absolute atomic E-state index is 12.1. The molecule has 132 valence electrons. The topological polar surface area (TPSA) is 70.7 Å². The molecule has 6 nitrogen and oxygen atoms in total. The molecule has 0 aliphatic carbocycles. The number of hydrogen-bond acceptors (Lipinski definition) is 4. The van der Waals surface area contributed by atoms with Crippen molar-refractivity contribution in [2.24, 2.45) is 0 Å². The summed E-state index contributed by atoms with van der Waals surface area (Å²) in [4.78, 5) is 26.2. The number of methoxy groups -OCH3 is 1. The molecule has 0 spiro atoms. The molecule has 2 aromatic carbocycles. The first kappa shape index (κ1) is 18.3. The van der Waals surface area contributed by atoms with Gasteiger partial charge in [-0.05, 0) is 36.4 Å². The summed E-state index contributed by atoms with van der Waals surface area (Å²) in [5, 5.41) is 5.55. The third kappa shape index (κ3) is 4.97. The molecular formula is C19H23N3O3. The lowest BCUT2D eigenvalue weighted by atomic mass is 10.2. The van der Waals surface area contributed by atoms with Crippen LogP contribution in [0.2, 0.25) is 0 Å². The summed E-state index contributed by atoms with van der Waals surface area (Å²) in [7, 11) is 5.41. The molecule has 0 unspecified atom stereocenters. The van der Waals surface area contributed by atoms with Gasteiger partial charge in [0.05, 0.1) is 12.7 Å². The van der Waals surface area contributed by atoms with Crippen molar-refractivity contribution in [1.82, 2.24) is 10.6 Å². The standard InChI is InChI=1S/C19H23N3O3/c1-22(2)15-10-8-14(9-11-15)18(23)20-12-13-21-19(24)16-6-4-5-7-17(16)25-3/h4-11H,12-13H2,1-3H3,(H,20,23)(H,21,24). The highest BCUT2D eigenvalue weighted by Gasteiger charge is 2.11. The van der Waals surface area contributed by atoms with Crippen LogP contribution in [0.5, 0.6) is 5.75 Å². The molecule has 2 aromatic rings. The van der Waals surface area contributed by atoms with Gasteiger partial charge in [0, 0.05) is 38.4 Å². The number of benzene rings is 2. The van der Waals surface area contributed by atoms with Crippen molar-refractivity contribution in [2.45, 2.75) is 0 Å². The Morgan fingerprint density at radius 3 is 2.12 bits per heavy atom. The molecule has 0 bridgehead atoms. The summed E-state index contributed by atoms with van der Waals surface area (Å²) in [6.45, 7) is 0.674. The van der Waals surface area contributed by atoms with Gasteiger partial charge in [0.25, 0.3) is 11.8 Å². The molecule has 0 aliphatic heterocycles. The van der Waals surface area contributed by atoms with Crippen molar-refractivity contribution in [3.63, 3.8) is 0 Å². The average Bonchev–Trinajstić information content (AvgIpc) is 2.64. The number of carbonyl (C=O) groups excluding carboxylic acids is 2. The van der Waals surface area contributed by atoms with E-state index in [1.54, 1.807) is 36.4 Å². The molecule has 0 aliphatic rings. The number of carbonyl (C=O) groups is 2. The number of rotatable bonds is 7. The van der Waals surface area contributed by atoms with E-state index in [1.807, 2.05) is 31.1 Å². The third-order valence-electron chi connectivity index (χ3n) is 3.69. The minimum absolute atomic E-state index is 0.170. The smallest absolute Gasteiger partial charge is 0.255 e. The van der Waals surface area contributed by atoms with Crippen molar-refractivity contribution < 1.29 is 14.3 Å². The van der Waals surface area contributed by atoms with Gasteiger partial charge in [-0.15, -0.1) is 0 Å². The van der Waals surface area contributed by atoms with Crippen molar-refractivity contribution in [1.29, 1.82) is 0 Å². The first-order valence-corrected chi connectivity index (χ1v) is 7.99. The molecule has 2 rings (SSSR count). The number of nitrogens with zero attached hydrogens (tertiary/aromatic N) is 1. The Hall–Kier alpha value is -3.02. The van der Waals surface area contributed by atoms with Crippen LogP contribution in [-0.2, 0) is 0 Å². The van der Waals surface area contributed by atoms with Crippen LogP contribution in [0.3, 0.4) is 0 Å². The van der Waals surface area contributed by atoms with E-state index in [4.69, 9.17) is 4.74 Å². The number of para-hydroxylation sites is 1. The lowest BCUT2D eigenvalue weighted by Crippen LogP contribution is -2.34. The van der Waals surface area contributed by atoms with Crippen LogP contribution >= 0.6 is 0 Å². The molecule has 0 saturated heterocycles. The van der Waals surface area contributed by atoms with Gasteiger partial charge in [-0.1, -0.05) is 12.1 Å². The zero-order valence-electron chi connectivity index (χ0n) is 14.7. The fraction of sp³-hybridized carbons (Fsp3) is 0.263. The predicted octanol–water partition coefficient (Wildman–Crippen LogP) is 1.92. The monoisotopic (exact) mass is 341 g/mol. The normalized spacial score (nSPS) is 10.0. The number of anilines is 1. The van der Waals surface area contributed by atoms with Gasteiger partial charge < -0.3 is 20.3 Å². The second kappa shape index (κ2) is 8.73. The second-order valence-electron chi connectivity index (χ2n) is 5.65. The van der Waals surface area contributed by atoms with Crippen LogP contribution in [0.4, 0.5) is 5.69 Å². The quantitative estimate of drug-likeness (QED) is 0.755. The van der Waals surface area contributed by atoms with E-state index in [0.29, 0.717) is 30.0 Å². The van der Waals surface area contributed by atoms with Crippen LogP contribution in [0.15, 0.2) is 48.5 Å².